The molecule has 94 valence electrons. The lowest BCUT2D eigenvalue weighted by molar-refractivity contribution is 0.117. The van der Waals surface area contributed by atoms with E-state index >= 15 is 0 Å². The van der Waals surface area contributed by atoms with Gasteiger partial charge in [-0.15, -0.1) is 0 Å². The first-order valence-electron chi connectivity index (χ1n) is 5.75. The summed E-state index contributed by atoms with van der Waals surface area (Å²) in [6, 6.07) is -0.00550. The molecule has 7 nitrogen and oxygen atoms in total. The monoisotopic (exact) mass is 247 g/mol. The Bertz CT molecular complexity index is 626. The molecule has 1 fully saturated rings. The molecule has 2 N–H and O–H groups in total. The molecular weight excluding hydrogens is 234 g/mol. The maximum Gasteiger partial charge on any atom is 0.279 e. The van der Waals surface area contributed by atoms with Crippen molar-refractivity contribution >= 4 is 11.2 Å². The molecule has 1 aliphatic heterocycles. The number of rotatable bonds is 2. The molecule has 0 radical (unpaired) electrons. The quantitative estimate of drug-likeness (QED) is 0.761. The lowest BCUT2D eigenvalue weighted by Gasteiger charge is -2.09. The third-order valence-electron chi connectivity index (χ3n) is 3.12. The molecule has 3 heterocycles. The van der Waals surface area contributed by atoms with Crippen molar-refractivity contribution < 1.29 is 4.74 Å². The summed E-state index contributed by atoms with van der Waals surface area (Å²) in [6.07, 6.45) is 3.94. The lowest BCUT2D eigenvalue weighted by Crippen LogP contribution is -2.21. The molecule has 1 saturated heterocycles. The van der Waals surface area contributed by atoms with Crippen LogP contribution in [0.2, 0.25) is 0 Å². The van der Waals surface area contributed by atoms with Gasteiger partial charge >= 0.3 is 0 Å². The summed E-state index contributed by atoms with van der Waals surface area (Å²) in [5.74, 6) is 0.590. The maximum absolute atomic E-state index is 11.9. The number of hydrogen-bond donors (Lipinski definition) is 2. The van der Waals surface area contributed by atoms with E-state index in [4.69, 9.17) is 4.74 Å². The second-order valence-electron chi connectivity index (χ2n) is 4.23. The van der Waals surface area contributed by atoms with Crippen molar-refractivity contribution in [1.82, 2.24) is 25.3 Å². The first-order valence-corrected chi connectivity index (χ1v) is 5.75. The van der Waals surface area contributed by atoms with E-state index in [2.05, 4.69) is 25.3 Å². The number of hydrogen-bond acceptors (Lipinski definition) is 6. The van der Waals surface area contributed by atoms with Crippen molar-refractivity contribution in [2.24, 2.45) is 0 Å². The minimum atomic E-state index is -0.259. The van der Waals surface area contributed by atoms with Crippen molar-refractivity contribution in [3.8, 4) is 0 Å². The van der Waals surface area contributed by atoms with Crippen LogP contribution in [0.4, 0.5) is 0 Å². The van der Waals surface area contributed by atoms with E-state index < -0.39 is 0 Å². The van der Waals surface area contributed by atoms with Crippen LogP contribution in [0.15, 0.2) is 17.2 Å². The van der Waals surface area contributed by atoms with E-state index in [0.29, 0.717) is 11.5 Å². The van der Waals surface area contributed by atoms with Gasteiger partial charge in [-0.1, -0.05) is 0 Å². The number of aromatic amines is 1. The summed E-state index contributed by atoms with van der Waals surface area (Å²) in [5, 5.41) is 3.26. The van der Waals surface area contributed by atoms with Gasteiger partial charge in [0, 0.05) is 26.0 Å². The minimum absolute atomic E-state index is 0.00550. The predicted octanol–water partition coefficient (Wildman–Crippen LogP) is -0.237. The van der Waals surface area contributed by atoms with Crippen LogP contribution in [0.3, 0.4) is 0 Å². The molecule has 0 saturated carbocycles. The lowest BCUT2D eigenvalue weighted by atomic mass is 10.2. The van der Waals surface area contributed by atoms with E-state index in [1.54, 1.807) is 7.11 Å². The molecule has 2 atom stereocenters. The Morgan fingerprint density at radius 2 is 2.22 bits per heavy atom. The summed E-state index contributed by atoms with van der Waals surface area (Å²) in [7, 11) is 1.68. The molecule has 0 amide bonds. The Balaban J connectivity index is 2.01. The maximum atomic E-state index is 11.9. The van der Waals surface area contributed by atoms with Gasteiger partial charge in [-0.25, -0.2) is 15.0 Å². The van der Waals surface area contributed by atoms with E-state index in [1.165, 1.54) is 12.4 Å². The van der Waals surface area contributed by atoms with Crippen LogP contribution >= 0.6 is 0 Å². The molecule has 18 heavy (non-hydrogen) atoms. The molecule has 3 rings (SSSR count). The van der Waals surface area contributed by atoms with Crippen molar-refractivity contribution in [3.05, 3.63) is 28.6 Å². The molecule has 2 aromatic rings. The van der Waals surface area contributed by atoms with Gasteiger partial charge in [0.25, 0.3) is 5.56 Å². The van der Waals surface area contributed by atoms with Crippen LogP contribution < -0.4 is 10.9 Å². The first kappa shape index (κ1) is 11.2. The van der Waals surface area contributed by atoms with E-state index in [0.717, 1.165) is 13.0 Å². The molecule has 0 bridgehead atoms. The molecule has 2 aromatic heterocycles. The van der Waals surface area contributed by atoms with E-state index in [-0.39, 0.29) is 23.2 Å². The van der Waals surface area contributed by atoms with Gasteiger partial charge in [-0.2, -0.15) is 0 Å². The van der Waals surface area contributed by atoms with Crippen molar-refractivity contribution in [3.63, 3.8) is 0 Å². The van der Waals surface area contributed by atoms with Gasteiger partial charge in [0.15, 0.2) is 11.2 Å². The molecule has 1 aliphatic rings. The number of fused-ring (bicyclic) bond motifs is 1. The SMILES string of the molecule is CO[C@@H]1CN[C@@H](c2nc3nccnc3c(=O)[nH]2)C1. The highest BCUT2D eigenvalue weighted by Crippen LogP contribution is 2.21. The Morgan fingerprint density at radius 1 is 1.39 bits per heavy atom. The van der Waals surface area contributed by atoms with E-state index in [9.17, 15) is 4.79 Å². The highest BCUT2D eigenvalue weighted by atomic mass is 16.5. The molecule has 0 aliphatic carbocycles. The van der Waals surface area contributed by atoms with Crippen LogP contribution in [-0.2, 0) is 4.74 Å². The van der Waals surface area contributed by atoms with Gasteiger partial charge in [0.1, 0.15) is 5.82 Å². The zero-order chi connectivity index (χ0) is 12.5. The van der Waals surface area contributed by atoms with Gasteiger partial charge in [-0.05, 0) is 6.42 Å². The fourth-order valence-electron chi connectivity index (χ4n) is 2.15. The standard InChI is InChI=1S/C11H13N5O2/c1-18-6-4-7(14-5-6)9-15-10-8(11(17)16-9)12-2-3-13-10/h2-3,6-7,14H,4-5H2,1H3,(H,13,15,16,17)/t6-,7+/m0/s1. The summed E-state index contributed by atoms with van der Waals surface area (Å²) in [6.45, 7) is 0.753. The molecule has 0 spiro atoms. The van der Waals surface area contributed by atoms with Gasteiger partial charge in [-0.3, -0.25) is 4.79 Å². The highest BCUT2D eigenvalue weighted by molar-refractivity contribution is 5.67. The third-order valence-corrected chi connectivity index (χ3v) is 3.12. The highest BCUT2D eigenvalue weighted by Gasteiger charge is 2.27. The minimum Gasteiger partial charge on any atom is -0.380 e. The normalized spacial score (nSPS) is 23.6. The molecular formula is C11H13N5O2. The van der Waals surface area contributed by atoms with Crippen LogP contribution in [0.5, 0.6) is 0 Å². The summed E-state index contributed by atoms with van der Waals surface area (Å²) in [5.41, 5.74) is 0.382. The number of methoxy groups -OCH3 is 1. The van der Waals surface area contributed by atoms with Crippen molar-refractivity contribution in [2.75, 3.05) is 13.7 Å². The Morgan fingerprint density at radius 3 is 3.00 bits per heavy atom. The predicted molar refractivity (Wildman–Crippen MR) is 64.1 cm³/mol. The van der Waals surface area contributed by atoms with Crippen LogP contribution in [-0.4, -0.2) is 39.7 Å². The fraction of sp³-hybridized carbons (Fsp3) is 0.455. The summed E-state index contributed by atoms with van der Waals surface area (Å²) < 4.78 is 5.27. The zero-order valence-corrected chi connectivity index (χ0v) is 9.88. The van der Waals surface area contributed by atoms with Crippen LogP contribution in [0, 0.1) is 0 Å². The number of nitrogens with zero attached hydrogens (tertiary/aromatic N) is 3. The first-order chi connectivity index (χ1) is 8.78. The molecule has 0 aromatic carbocycles. The van der Waals surface area contributed by atoms with Gasteiger partial charge in [0.2, 0.25) is 0 Å². The van der Waals surface area contributed by atoms with Gasteiger partial charge < -0.3 is 15.0 Å². The van der Waals surface area contributed by atoms with Crippen LogP contribution in [0.1, 0.15) is 18.3 Å². The number of ether oxygens (including phenoxy) is 1. The second-order valence-corrected chi connectivity index (χ2v) is 4.23. The van der Waals surface area contributed by atoms with Gasteiger partial charge in [0.05, 0.1) is 12.1 Å². The molecule has 7 heteroatoms. The summed E-state index contributed by atoms with van der Waals surface area (Å²) in [4.78, 5) is 27.0. The largest absolute Gasteiger partial charge is 0.380 e. The van der Waals surface area contributed by atoms with Crippen molar-refractivity contribution in [1.29, 1.82) is 0 Å². The zero-order valence-electron chi connectivity index (χ0n) is 9.88. The average molecular weight is 247 g/mol. The second kappa shape index (κ2) is 4.43. The molecule has 0 unspecified atom stereocenters. The van der Waals surface area contributed by atoms with Crippen molar-refractivity contribution in [2.45, 2.75) is 18.6 Å². The number of H-pyrrole nitrogens is 1. The Kier molecular flexibility index (Phi) is 2.77. The Labute approximate surface area is 103 Å². The van der Waals surface area contributed by atoms with Crippen LogP contribution in [0.25, 0.3) is 11.2 Å². The average Bonchev–Trinajstić information content (AvgIpc) is 2.87. The summed E-state index contributed by atoms with van der Waals surface area (Å²) >= 11 is 0. The third kappa shape index (κ3) is 1.87. The number of aromatic nitrogens is 4. The fourth-order valence-corrected chi connectivity index (χ4v) is 2.15. The smallest absolute Gasteiger partial charge is 0.279 e. The van der Waals surface area contributed by atoms with E-state index in [1.807, 2.05) is 0 Å². The topological polar surface area (TPSA) is 92.8 Å². The Hall–Kier alpha value is -1.86. The number of nitrogens with one attached hydrogen (secondary N) is 2.